The van der Waals surface area contributed by atoms with E-state index in [0.717, 1.165) is 6.42 Å². The van der Waals surface area contributed by atoms with Gasteiger partial charge in [-0.15, -0.1) is 0 Å². The molecular formula is C17H23NO6S. The third-order valence-corrected chi connectivity index (χ3v) is 6.17. The van der Waals surface area contributed by atoms with Gasteiger partial charge in [-0.1, -0.05) is 18.6 Å². The van der Waals surface area contributed by atoms with Crippen LogP contribution in [0.2, 0.25) is 0 Å². The van der Waals surface area contributed by atoms with E-state index in [4.69, 9.17) is 4.74 Å². The molecule has 1 saturated heterocycles. The van der Waals surface area contributed by atoms with Crippen LogP contribution in [0.3, 0.4) is 0 Å². The summed E-state index contributed by atoms with van der Waals surface area (Å²) in [7, 11) is -2.73. The highest BCUT2D eigenvalue weighted by Crippen LogP contribution is 2.29. The Hall–Kier alpha value is -1.93. The van der Waals surface area contributed by atoms with Crippen LogP contribution in [0.4, 0.5) is 0 Å². The number of hydrogen-bond donors (Lipinski definition) is 0. The van der Waals surface area contributed by atoms with Crippen LogP contribution in [0.25, 0.3) is 0 Å². The van der Waals surface area contributed by atoms with Gasteiger partial charge in [-0.2, -0.15) is 4.31 Å². The zero-order chi connectivity index (χ0) is 18.4. The zero-order valence-electron chi connectivity index (χ0n) is 14.4. The number of carbonyl (C=O) groups is 2. The molecule has 138 valence electrons. The zero-order valence-corrected chi connectivity index (χ0v) is 15.3. The second-order valence-corrected chi connectivity index (χ2v) is 7.62. The number of benzene rings is 1. The van der Waals surface area contributed by atoms with E-state index in [9.17, 15) is 18.0 Å². The van der Waals surface area contributed by atoms with E-state index in [-0.39, 0.29) is 23.5 Å². The van der Waals surface area contributed by atoms with Crippen molar-refractivity contribution in [3.05, 3.63) is 29.8 Å². The Labute approximate surface area is 148 Å². The van der Waals surface area contributed by atoms with Gasteiger partial charge in [-0.25, -0.2) is 13.2 Å². The van der Waals surface area contributed by atoms with Crippen molar-refractivity contribution in [1.29, 1.82) is 0 Å². The van der Waals surface area contributed by atoms with Gasteiger partial charge in [-0.05, 0) is 31.9 Å². The van der Waals surface area contributed by atoms with Crippen molar-refractivity contribution in [1.82, 2.24) is 4.31 Å². The van der Waals surface area contributed by atoms with Gasteiger partial charge < -0.3 is 9.47 Å². The van der Waals surface area contributed by atoms with Crippen molar-refractivity contribution in [2.24, 2.45) is 0 Å². The van der Waals surface area contributed by atoms with E-state index in [1.54, 1.807) is 19.1 Å². The van der Waals surface area contributed by atoms with Gasteiger partial charge in [-0.3, -0.25) is 4.79 Å². The molecule has 0 N–H and O–H groups in total. The highest BCUT2D eigenvalue weighted by atomic mass is 32.2. The number of carbonyl (C=O) groups excluding carboxylic acids is 2. The summed E-state index contributed by atoms with van der Waals surface area (Å²) in [6.07, 6.45) is 2.14. The van der Waals surface area contributed by atoms with Crippen LogP contribution >= 0.6 is 0 Å². The summed E-state index contributed by atoms with van der Waals surface area (Å²) >= 11 is 0. The van der Waals surface area contributed by atoms with Gasteiger partial charge in [0.05, 0.1) is 30.6 Å². The molecule has 25 heavy (non-hydrogen) atoms. The maximum atomic E-state index is 13.1. The third-order valence-electron chi connectivity index (χ3n) is 4.16. The van der Waals surface area contributed by atoms with Crippen molar-refractivity contribution in [3.63, 3.8) is 0 Å². The minimum atomic E-state index is -3.93. The molecule has 1 aliphatic heterocycles. The van der Waals surface area contributed by atoms with Crippen LogP contribution in [0, 0.1) is 0 Å². The molecule has 1 aromatic carbocycles. The van der Waals surface area contributed by atoms with Crippen LogP contribution in [-0.4, -0.2) is 51.0 Å². The number of rotatable bonds is 6. The maximum Gasteiger partial charge on any atom is 0.339 e. The largest absolute Gasteiger partial charge is 0.466 e. The minimum absolute atomic E-state index is 0.00740. The Balaban J connectivity index is 2.36. The fourth-order valence-corrected chi connectivity index (χ4v) is 4.88. The van der Waals surface area contributed by atoms with E-state index in [1.165, 1.54) is 23.5 Å². The fraction of sp³-hybridized carbons (Fsp3) is 0.529. The molecule has 0 aliphatic carbocycles. The second-order valence-electron chi connectivity index (χ2n) is 5.76. The van der Waals surface area contributed by atoms with Crippen LogP contribution in [-0.2, 0) is 24.3 Å². The van der Waals surface area contributed by atoms with Crippen molar-refractivity contribution >= 4 is 22.0 Å². The number of methoxy groups -OCH3 is 1. The molecule has 0 spiro atoms. The van der Waals surface area contributed by atoms with Crippen molar-refractivity contribution in [2.75, 3.05) is 20.3 Å². The smallest absolute Gasteiger partial charge is 0.339 e. The topological polar surface area (TPSA) is 90.0 Å². The number of ether oxygens (including phenoxy) is 2. The Morgan fingerprint density at radius 2 is 1.96 bits per heavy atom. The minimum Gasteiger partial charge on any atom is -0.466 e. The van der Waals surface area contributed by atoms with Gasteiger partial charge in [0.15, 0.2) is 0 Å². The maximum absolute atomic E-state index is 13.1. The first-order valence-electron chi connectivity index (χ1n) is 8.26. The molecule has 8 heteroatoms. The Kier molecular flexibility index (Phi) is 6.55. The average molecular weight is 369 g/mol. The van der Waals surface area contributed by atoms with Crippen LogP contribution in [0.1, 0.15) is 43.0 Å². The summed E-state index contributed by atoms with van der Waals surface area (Å²) in [4.78, 5) is 23.7. The van der Waals surface area contributed by atoms with Gasteiger partial charge in [0.2, 0.25) is 10.0 Å². The first-order valence-corrected chi connectivity index (χ1v) is 9.70. The SMILES string of the molecule is CCOC(=O)CC1CCCCN1S(=O)(=O)c1ccccc1C(=O)OC. The van der Waals surface area contributed by atoms with Crippen LogP contribution in [0.15, 0.2) is 29.2 Å². The fourth-order valence-electron chi connectivity index (χ4n) is 3.00. The summed E-state index contributed by atoms with van der Waals surface area (Å²) in [6.45, 7) is 2.27. The van der Waals surface area contributed by atoms with Gasteiger partial charge in [0.25, 0.3) is 0 Å². The standard InChI is InChI=1S/C17H23NO6S/c1-3-24-16(19)12-13-8-6-7-11-18(13)25(21,22)15-10-5-4-9-14(15)17(20)23-2/h4-5,9-10,13H,3,6-8,11-12H2,1-2H3. The van der Waals surface area contributed by atoms with E-state index in [0.29, 0.717) is 19.4 Å². The van der Waals surface area contributed by atoms with E-state index < -0.39 is 28.0 Å². The summed E-state index contributed by atoms with van der Waals surface area (Å²) in [6, 6.07) is 5.48. The molecule has 2 rings (SSSR count). The lowest BCUT2D eigenvalue weighted by molar-refractivity contribution is -0.144. The molecule has 1 aromatic rings. The second kappa shape index (κ2) is 8.44. The lowest BCUT2D eigenvalue weighted by atomic mass is 10.0. The molecule has 1 fully saturated rings. The highest BCUT2D eigenvalue weighted by molar-refractivity contribution is 7.89. The number of hydrogen-bond acceptors (Lipinski definition) is 6. The summed E-state index contributed by atoms with van der Waals surface area (Å²) in [5.74, 6) is -1.13. The normalized spacial score (nSPS) is 18.6. The predicted molar refractivity (Wildman–Crippen MR) is 90.6 cm³/mol. The lowest BCUT2D eigenvalue weighted by Gasteiger charge is -2.34. The van der Waals surface area contributed by atoms with Gasteiger partial charge in [0, 0.05) is 12.6 Å². The average Bonchev–Trinajstić information content (AvgIpc) is 2.61. The predicted octanol–water partition coefficient (Wildman–Crippen LogP) is 1.97. The van der Waals surface area contributed by atoms with Gasteiger partial charge >= 0.3 is 11.9 Å². The van der Waals surface area contributed by atoms with E-state index in [2.05, 4.69) is 4.74 Å². The molecule has 7 nitrogen and oxygen atoms in total. The molecule has 0 saturated carbocycles. The molecule has 1 atom stereocenters. The monoisotopic (exact) mass is 369 g/mol. The number of esters is 2. The summed E-state index contributed by atoms with van der Waals surface area (Å²) < 4.78 is 37.2. The molecular weight excluding hydrogens is 346 g/mol. The quantitative estimate of drug-likeness (QED) is 0.712. The number of nitrogens with zero attached hydrogens (tertiary/aromatic N) is 1. The Morgan fingerprint density at radius 3 is 2.64 bits per heavy atom. The number of sulfonamides is 1. The van der Waals surface area contributed by atoms with Crippen molar-refractivity contribution in [2.45, 2.75) is 43.5 Å². The summed E-state index contributed by atoms with van der Waals surface area (Å²) in [5, 5.41) is 0. The highest BCUT2D eigenvalue weighted by Gasteiger charge is 2.36. The Morgan fingerprint density at radius 1 is 1.24 bits per heavy atom. The van der Waals surface area contributed by atoms with Crippen molar-refractivity contribution in [3.8, 4) is 0 Å². The Bertz CT molecular complexity index is 730. The van der Waals surface area contributed by atoms with Crippen LogP contribution < -0.4 is 0 Å². The molecule has 0 bridgehead atoms. The molecule has 1 heterocycles. The first kappa shape index (κ1) is 19.4. The summed E-state index contributed by atoms with van der Waals surface area (Å²) in [5.41, 5.74) is -0.00884. The lowest BCUT2D eigenvalue weighted by Crippen LogP contribution is -2.45. The van der Waals surface area contributed by atoms with E-state index in [1.807, 2.05) is 0 Å². The molecule has 1 aliphatic rings. The third kappa shape index (κ3) is 4.38. The molecule has 0 aromatic heterocycles. The molecule has 0 radical (unpaired) electrons. The number of piperidine rings is 1. The molecule has 0 amide bonds. The molecule has 1 unspecified atom stereocenters. The van der Waals surface area contributed by atoms with Crippen molar-refractivity contribution < 1.29 is 27.5 Å². The van der Waals surface area contributed by atoms with E-state index >= 15 is 0 Å². The van der Waals surface area contributed by atoms with Gasteiger partial charge in [0.1, 0.15) is 0 Å². The van der Waals surface area contributed by atoms with Crippen LogP contribution in [0.5, 0.6) is 0 Å². The first-order chi connectivity index (χ1) is 11.9.